The maximum Gasteiger partial charge on any atom is 0.128 e. The third kappa shape index (κ3) is 2.48. The molecule has 1 aromatic carbocycles. The summed E-state index contributed by atoms with van der Waals surface area (Å²) >= 11 is 0. The second-order valence-corrected chi connectivity index (χ2v) is 7.17. The van der Waals surface area contributed by atoms with Crippen LogP contribution in [0.1, 0.15) is 57.1 Å². The van der Waals surface area contributed by atoms with Gasteiger partial charge in [-0.25, -0.2) is 0 Å². The van der Waals surface area contributed by atoms with E-state index in [1.165, 1.54) is 37.7 Å². The highest BCUT2D eigenvalue weighted by Crippen LogP contribution is 2.44. The molecule has 2 aliphatic rings. The van der Waals surface area contributed by atoms with Crippen molar-refractivity contribution in [3.05, 3.63) is 35.4 Å². The van der Waals surface area contributed by atoms with Crippen molar-refractivity contribution >= 4 is 5.84 Å². The maximum atomic E-state index is 8.45. The minimum Gasteiger partial charge on any atom is -0.352 e. The quantitative estimate of drug-likeness (QED) is 0.860. The van der Waals surface area contributed by atoms with E-state index < -0.39 is 0 Å². The summed E-state index contributed by atoms with van der Waals surface area (Å²) in [6.45, 7) is 6.70. The number of benzene rings is 1. The van der Waals surface area contributed by atoms with Crippen LogP contribution in [-0.4, -0.2) is 17.3 Å². The van der Waals surface area contributed by atoms with Gasteiger partial charge >= 0.3 is 0 Å². The van der Waals surface area contributed by atoms with Crippen molar-refractivity contribution < 1.29 is 0 Å². The molecule has 1 aromatic rings. The van der Waals surface area contributed by atoms with Crippen molar-refractivity contribution in [2.24, 2.45) is 11.3 Å². The average Bonchev–Trinajstić information content (AvgIpc) is 2.96. The molecule has 0 radical (unpaired) electrons. The van der Waals surface area contributed by atoms with E-state index in [-0.39, 0.29) is 0 Å². The lowest BCUT2D eigenvalue weighted by Crippen LogP contribution is -2.37. The Hall–Kier alpha value is -1.31. The first-order valence-electron chi connectivity index (χ1n) is 8.01. The van der Waals surface area contributed by atoms with Crippen LogP contribution in [0, 0.1) is 16.7 Å². The molecule has 1 heterocycles. The van der Waals surface area contributed by atoms with Crippen LogP contribution in [-0.2, 0) is 6.54 Å². The number of amidine groups is 1. The molecule has 1 aliphatic heterocycles. The molecule has 108 valence electrons. The van der Waals surface area contributed by atoms with E-state index in [0.717, 1.165) is 30.4 Å². The van der Waals surface area contributed by atoms with Gasteiger partial charge in [0.15, 0.2) is 0 Å². The summed E-state index contributed by atoms with van der Waals surface area (Å²) < 4.78 is 0. The Labute approximate surface area is 122 Å². The number of hydrogen-bond donors (Lipinski definition) is 1. The van der Waals surface area contributed by atoms with Crippen molar-refractivity contribution in [2.75, 3.05) is 6.54 Å². The van der Waals surface area contributed by atoms with Gasteiger partial charge in [-0.15, -0.1) is 0 Å². The molecule has 0 unspecified atom stereocenters. The highest BCUT2D eigenvalue weighted by molar-refractivity contribution is 6.00. The second kappa shape index (κ2) is 5.23. The first-order chi connectivity index (χ1) is 9.60. The van der Waals surface area contributed by atoms with Crippen LogP contribution in [0.3, 0.4) is 0 Å². The standard InChI is InChI=1S/C18H26N2/c1-14(2)11-18(9-5-6-10-18)13-20-12-15-7-3-4-8-16(15)17(20)19/h3-4,7-8,14,19H,5-6,9-13H2,1-2H3. The summed E-state index contributed by atoms with van der Waals surface area (Å²) in [5.74, 6) is 1.50. The van der Waals surface area contributed by atoms with Gasteiger partial charge in [0.2, 0.25) is 0 Å². The minimum absolute atomic E-state index is 0.461. The highest BCUT2D eigenvalue weighted by Gasteiger charge is 2.38. The first-order valence-corrected chi connectivity index (χ1v) is 8.01. The Balaban J connectivity index is 1.76. The van der Waals surface area contributed by atoms with Crippen molar-refractivity contribution in [1.29, 1.82) is 5.41 Å². The molecule has 3 rings (SSSR count). The Morgan fingerprint density at radius 3 is 2.55 bits per heavy atom. The molecular formula is C18H26N2. The van der Waals surface area contributed by atoms with Gasteiger partial charge < -0.3 is 4.90 Å². The van der Waals surface area contributed by atoms with E-state index in [2.05, 4.69) is 43.0 Å². The molecular weight excluding hydrogens is 244 g/mol. The molecule has 1 N–H and O–H groups in total. The van der Waals surface area contributed by atoms with Gasteiger partial charge in [-0.2, -0.15) is 0 Å². The van der Waals surface area contributed by atoms with Gasteiger partial charge in [0.05, 0.1) is 0 Å². The number of rotatable bonds is 4. The highest BCUT2D eigenvalue weighted by atomic mass is 15.2. The van der Waals surface area contributed by atoms with E-state index in [1.807, 2.05) is 0 Å². The number of hydrogen-bond acceptors (Lipinski definition) is 1. The summed E-state index contributed by atoms with van der Waals surface area (Å²) in [5, 5.41) is 8.45. The summed E-state index contributed by atoms with van der Waals surface area (Å²) in [6, 6.07) is 8.42. The van der Waals surface area contributed by atoms with Gasteiger partial charge in [-0.3, -0.25) is 5.41 Å². The second-order valence-electron chi connectivity index (χ2n) is 7.17. The average molecular weight is 270 g/mol. The molecule has 0 bridgehead atoms. The third-order valence-corrected chi connectivity index (χ3v) is 4.98. The third-order valence-electron chi connectivity index (χ3n) is 4.98. The zero-order chi connectivity index (χ0) is 14.2. The predicted octanol–water partition coefficient (Wildman–Crippen LogP) is 4.43. The van der Waals surface area contributed by atoms with E-state index >= 15 is 0 Å². The summed E-state index contributed by atoms with van der Waals surface area (Å²) in [7, 11) is 0. The molecule has 2 heteroatoms. The van der Waals surface area contributed by atoms with Crippen molar-refractivity contribution in [2.45, 2.75) is 52.5 Å². The molecule has 0 spiro atoms. The summed E-state index contributed by atoms with van der Waals surface area (Å²) in [6.07, 6.45) is 6.77. The zero-order valence-electron chi connectivity index (χ0n) is 12.8. The number of nitrogens with zero attached hydrogens (tertiary/aromatic N) is 1. The smallest absolute Gasteiger partial charge is 0.128 e. The fraction of sp³-hybridized carbons (Fsp3) is 0.611. The summed E-state index contributed by atoms with van der Waals surface area (Å²) in [4.78, 5) is 2.32. The first kappa shape index (κ1) is 13.7. The molecule has 1 aliphatic carbocycles. The predicted molar refractivity (Wildman–Crippen MR) is 84.0 cm³/mol. The lowest BCUT2D eigenvalue weighted by atomic mass is 9.78. The van der Waals surface area contributed by atoms with Crippen molar-refractivity contribution in [3.63, 3.8) is 0 Å². The molecule has 20 heavy (non-hydrogen) atoms. The Kier molecular flexibility index (Phi) is 3.57. The Bertz CT molecular complexity index is 498. The largest absolute Gasteiger partial charge is 0.352 e. The van der Waals surface area contributed by atoms with Crippen LogP contribution in [0.4, 0.5) is 0 Å². The van der Waals surface area contributed by atoms with Gasteiger partial charge in [0.1, 0.15) is 5.84 Å². The normalized spacial score (nSPS) is 20.8. The number of nitrogens with one attached hydrogen (secondary N) is 1. The molecule has 0 aromatic heterocycles. The molecule has 0 atom stereocenters. The van der Waals surface area contributed by atoms with Crippen molar-refractivity contribution in [1.82, 2.24) is 4.90 Å². The number of fused-ring (bicyclic) bond motifs is 1. The fourth-order valence-corrected chi connectivity index (χ4v) is 4.30. The topological polar surface area (TPSA) is 27.1 Å². The van der Waals surface area contributed by atoms with E-state index in [9.17, 15) is 0 Å². The van der Waals surface area contributed by atoms with E-state index in [4.69, 9.17) is 5.41 Å². The van der Waals surface area contributed by atoms with Crippen LogP contribution < -0.4 is 0 Å². The van der Waals surface area contributed by atoms with Crippen LogP contribution in [0.25, 0.3) is 0 Å². The van der Waals surface area contributed by atoms with Crippen LogP contribution in [0.2, 0.25) is 0 Å². The molecule has 1 fully saturated rings. The minimum atomic E-state index is 0.461. The van der Waals surface area contributed by atoms with Gasteiger partial charge in [-0.05, 0) is 36.2 Å². The molecule has 0 amide bonds. The van der Waals surface area contributed by atoms with Crippen LogP contribution in [0.15, 0.2) is 24.3 Å². The fourth-order valence-electron chi connectivity index (χ4n) is 4.30. The lowest BCUT2D eigenvalue weighted by molar-refractivity contribution is 0.173. The maximum absolute atomic E-state index is 8.45. The molecule has 0 saturated heterocycles. The Morgan fingerprint density at radius 2 is 1.90 bits per heavy atom. The SMILES string of the molecule is CC(C)CC1(CN2Cc3ccccc3C2=N)CCCC1. The summed E-state index contributed by atoms with van der Waals surface area (Å²) in [5.41, 5.74) is 2.93. The van der Waals surface area contributed by atoms with Gasteiger partial charge in [0, 0.05) is 18.7 Å². The Morgan fingerprint density at radius 1 is 1.20 bits per heavy atom. The van der Waals surface area contributed by atoms with Gasteiger partial charge in [-0.1, -0.05) is 51.0 Å². The lowest BCUT2D eigenvalue weighted by Gasteiger charge is -2.35. The monoisotopic (exact) mass is 270 g/mol. The zero-order valence-corrected chi connectivity index (χ0v) is 12.8. The van der Waals surface area contributed by atoms with Crippen molar-refractivity contribution in [3.8, 4) is 0 Å². The van der Waals surface area contributed by atoms with Crippen LogP contribution >= 0.6 is 0 Å². The molecule has 1 saturated carbocycles. The van der Waals surface area contributed by atoms with Gasteiger partial charge in [0.25, 0.3) is 0 Å². The van der Waals surface area contributed by atoms with Crippen LogP contribution in [0.5, 0.6) is 0 Å². The van der Waals surface area contributed by atoms with E-state index in [0.29, 0.717) is 5.41 Å². The van der Waals surface area contributed by atoms with E-state index in [1.54, 1.807) is 0 Å². The molecule has 2 nitrogen and oxygen atoms in total.